The highest BCUT2D eigenvalue weighted by molar-refractivity contribution is 5.82. The van der Waals surface area contributed by atoms with E-state index in [2.05, 4.69) is 24.1 Å². The number of likely N-dealkylation sites (tertiary alicyclic amines) is 1. The molecule has 1 N–H and O–H groups in total. The maximum Gasteiger partial charge on any atom is 0.226 e. The zero-order chi connectivity index (χ0) is 12.1. The molecule has 0 aromatic rings. The van der Waals surface area contributed by atoms with Gasteiger partial charge in [-0.15, -0.1) is 0 Å². The maximum absolute atomic E-state index is 12.3. The van der Waals surface area contributed by atoms with E-state index in [0.717, 1.165) is 19.5 Å². The van der Waals surface area contributed by atoms with Crippen LogP contribution in [0.5, 0.6) is 0 Å². The number of carbonyl (C=O) groups excluding carboxylic acids is 1. The first-order chi connectivity index (χ1) is 8.03. The predicted molar refractivity (Wildman–Crippen MR) is 67.6 cm³/mol. The molecule has 2 saturated heterocycles. The molecule has 1 unspecified atom stereocenters. The summed E-state index contributed by atoms with van der Waals surface area (Å²) in [6, 6.07) is 0. The van der Waals surface area contributed by atoms with E-state index in [0.29, 0.717) is 17.2 Å². The molecule has 1 amide bonds. The van der Waals surface area contributed by atoms with Crippen molar-refractivity contribution in [1.29, 1.82) is 0 Å². The summed E-state index contributed by atoms with van der Waals surface area (Å²) in [5.74, 6) is 0.744. The summed E-state index contributed by atoms with van der Waals surface area (Å²) < 4.78 is 0. The van der Waals surface area contributed by atoms with Crippen LogP contribution in [0.25, 0.3) is 0 Å². The summed E-state index contributed by atoms with van der Waals surface area (Å²) in [4.78, 5) is 14.4. The Bertz CT molecular complexity index is 321. The lowest BCUT2D eigenvalue weighted by Crippen LogP contribution is -2.45. The first kappa shape index (κ1) is 11.5. The molecule has 0 bridgehead atoms. The molecule has 96 valence electrons. The molecule has 1 saturated carbocycles. The number of amides is 1. The first-order valence-corrected chi connectivity index (χ1v) is 7.02. The predicted octanol–water partition coefficient (Wildman–Crippen LogP) is 1.63. The molecule has 2 aliphatic heterocycles. The van der Waals surface area contributed by atoms with Crippen LogP contribution in [0, 0.1) is 16.7 Å². The van der Waals surface area contributed by atoms with Gasteiger partial charge in [0.1, 0.15) is 0 Å². The van der Waals surface area contributed by atoms with Crippen LogP contribution >= 0.6 is 0 Å². The lowest BCUT2D eigenvalue weighted by atomic mass is 9.78. The van der Waals surface area contributed by atoms with Crippen LogP contribution < -0.4 is 5.32 Å². The molecule has 3 heteroatoms. The first-order valence-electron chi connectivity index (χ1n) is 7.02. The van der Waals surface area contributed by atoms with Gasteiger partial charge in [0.25, 0.3) is 0 Å². The molecule has 0 aromatic heterocycles. The number of hydrogen-bond donors (Lipinski definition) is 1. The molecule has 3 fully saturated rings. The third kappa shape index (κ3) is 1.99. The molecule has 3 aliphatic rings. The Morgan fingerprint density at radius 3 is 2.35 bits per heavy atom. The van der Waals surface area contributed by atoms with Gasteiger partial charge in [-0.05, 0) is 43.1 Å². The lowest BCUT2D eigenvalue weighted by molar-refractivity contribution is -0.135. The average molecular weight is 236 g/mol. The molecule has 3 rings (SSSR count). The summed E-state index contributed by atoms with van der Waals surface area (Å²) in [6.45, 7) is 8.75. The van der Waals surface area contributed by atoms with E-state index in [1.54, 1.807) is 0 Å². The van der Waals surface area contributed by atoms with Crippen molar-refractivity contribution in [2.24, 2.45) is 16.7 Å². The smallest absolute Gasteiger partial charge is 0.226 e. The third-order valence-corrected chi connectivity index (χ3v) is 5.28. The van der Waals surface area contributed by atoms with Crippen LogP contribution in [-0.2, 0) is 4.79 Å². The molecular weight excluding hydrogens is 212 g/mol. The molecule has 1 spiro atoms. The van der Waals surface area contributed by atoms with Crippen molar-refractivity contribution in [2.45, 2.75) is 39.5 Å². The van der Waals surface area contributed by atoms with Crippen molar-refractivity contribution in [1.82, 2.24) is 10.2 Å². The number of rotatable bonds is 1. The lowest BCUT2D eigenvalue weighted by Gasteiger charge is -2.39. The van der Waals surface area contributed by atoms with E-state index in [4.69, 9.17) is 0 Å². The number of nitrogens with one attached hydrogen (secondary N) is 1. The Labute approximate surface area is 104 Å². The van der Waals surface area contributed by atoms with Crippen molar-refractivity contribution in [2.75, 3.05) is 26.2 Å². The van der Waals surface area contributed by atoms with Gasteiger partial charge in [-0.2, -0.15) is 0 Å². The normalized spacial score (nSPS) is 34.0. The number of carbonyl (C=O) groups is 1. The van der Waals surface area contributed by atoms with Crippen LogP contribution in [0.1, 0.15) is 39.5 Å². The highest BCUT2D eigenvalue weighted by Gasteiger charge is 2.52. The molecule has 1 atom stereocenters. The Hall–Kier alpha value is -0.570. The van der Waals surface area contributed by atoms with Crippen LogP contribution in [0.3, 0.4) is 0 Å². The molecule has 17 heavy (non-hydrogen) atoms. The minimum atomic E-state index is 0.279. The van der Waals surface area contributed by atoms with E-state index in [9.17, 15) is 4.79 Å². The third-order valence-electron chi connectivity index (χ3n) is 5.28. The van der Waals surface area contributed by atoms with Crippen LogP contribution in [0.4, 0.5) is 0 Å². The van der Waals surface area contributed by atoms with Crippen LogP contribution in [0.15, 0.2) is 0 Å². The van der Waals surface area contributed by atoms with Gasteiger partial charge in [0.05, 0.1) is 0 Å². The molecule has 0 aromatic carbocycles. The van der Waals surface area contributed by atoms with Gasteiger partial charge in [0, 0.05) is 25.6 Å². The van der Waals surface area contributed by atoms with E-state index < -0.39 is 0 Å². The maximum atomic E-state index is 12.3. The summed E-state index contributed by atoms with van der Waals surface area (Å²) in [6.07, 6.45) is 4.82. The summed E-state index contributed by atoms with van der Waals surface area (Å²) >= 11 is 0. The van der Waals surface area contributed by atoms with Crippen molar-refractivity contribution >= 4 is 5.91 Å². The Morgan fingerprint density at radius 2 is 1.88 bits per heavy atom. The fraction of sp³-hybridized carbons (Fsp3) is 0.929. The van der Waals surface area contributed by atoms with Crippen molar-refractivity contribution < 1.29 is 4.79 Å². The van der Waals surface area contributed by atoms with E-state index in [1.165, 1.54) is 32.4 Å². The standard InChI is InChI=1S/C14H24N2O/c1-13(2)9-11(13)12(17)16-7-4-14(5-8-16)3-6-15-10-14/h11,15H,3-10H2,1-2H3. The summed E-state index contributed by atoms with van der Waals surface area (Å²) in [7, 11) is 0. The van der Waals surface area contributed by atoms with Gasteiger partial charge >= 0.3 is 0 Å². The van der Waals surface area contributed by atoms with Crippen molar-refractivity contribution in [3.05, 3.63) is 0 Å². The summed E-state index contributed by atoms with van der Waals surface area (Å²) in [5, 5.41) is 3.47. The number of hydrogen-bond acceptors (Lipinski definition) is 2. The molecule has 0 radical (unpaired) electrons. The monoisotopic (exact) mass is 236 g/mol. The average Bonchev–Trinajstić information content (AvgIpc) is 2.73. The highest BCUT2D eigenvalue weighted by Crippen LogP contribution is 2.53. The molecule has 2 heterocycles. The Kier molecular flexibility index (Phi) is 2.51. The van der Waals surface area contributed by atoms with Crippen LogP contribution in [-0.4, -0.2) is 37.0 Å². The second-order valence-electron chi connectivity index (χ2n) is 7.00. The van der Waals surface area contributed by atoms with Gasteiger partial charge in [-0.3, -0.25) is 4.79 Å². The van der Waals surface area contributed by atoms with Crippen molar-refractivity contribution in [3.63, 3.8) is 0 Å². The highest BCUT2D eigenvalue weighted by atomic mass is 16.2. The minimum Gasteiger partial charge on any atom is -0.342 e. The Balaban J connectivity index is 1.56. The minimum absolute atomic E-state index is 0.279. The van der Waals surface area contributed by atoms with E-state index in [1.807, 2.05) is 0 Å². The molecule has 1 aliphatic carbocycles. The zero-order valence-electron chi connectivity index (χ0n) is 11.1. The summed E-state index contributed by atoms with van der Waals surface area (Å²) in [5.41, 5.74) is 0.803. The largest absolute Gasteiger partial charge is 0.342 e. The SMILES string of the molecule is CC1(C)CC1C(=O)N1CCC2(CCNC2)CC1. The number of nitrogens with zero attached hydrogens (tertiary/aromatic N) is 1. The van der Waals surface area contributed by atoms with E-state index in [-0.39, 0.29) is 5.41 Å². The zero-order valence-corrected chi connectivity index (χ0v) is 11.1. The second kappa shape index (κ2) is 3.71. The topological polar surface area (TPSA) is 32.3 Å². The quantitative estimate of drug-likeness (QED) is 0.750. The van der Waals surface area contributed by atoms with Gasteiger partial charge in [-0.1, -0.05) is 13.8 Å². The molecular formula is C14H24N2O. The van der Waals surface area contributed by atoms with Crippen LogP contribution in [0.2, 0.25) is 0 Å². The second-order valence-corrected chi connectivity index (χ2v) is 7.00. The number of piperidine rings is 1. The fourth-order valence-corrected chi connectivity index (χ4v) is 3.53. The van der Waals surface area contributed by atoms with Gasteiger partial charge in [0.2, 0.25) is 5.91 Å². The molecule has 3 nitrogen and oxygen atoms in total. The van der Waals surface area contributed by atoms with Gasteiger partial charge in [-0.25, -0.2) is 0 Å². The van der Waals surface area contributed by atoms with E-state index >= 15 is 0 Å². The fourth-order valence-electron chi connectivity index (χ4n) is 3.53. The van der Waals surface area contributed by atoms with Crippen molar-refractivity contribution in [3.8, 4) is 0 Å². The Morgan fingerprint density at radius 1 is 1.24 bits per heavy atom. The van der Waals surface area contributed by atoms with Gasteiger partial charge in [0.15, 0.2) is 0 Å². The van der Waals surface area contributed by atoms with Gasteiger partial charge < -0.3 is 10.2 Å².